The number of amides is 1. The Morgan fingerprint density at radius 2 is 2.08 bits per heavy atom. The zero-order valence-corrected chi connectivity index (χ0v) is 14.4. The van der Waals surface area contributed by atoms with Crippen LogP contribution in [0.1, 0.15) is 43.5 Å². The van der Waals surface area contributed by atoms with E-state index in [1.165, 1.54) is 12.0 Å². The van der Waals surface area contributed by atoms with Crippen LogP contribution in [0.5, 0.6) is 11.5 Å². The molecule has 1 fully saturated rings. The van der Waals surface area contributed by atoms with Crippen molar-refractivity contribution in [1.29, 1.82) is 0 Å². The smallest absolute Gasteiger partial charge is 0.326 e. The van der Waals surface area contributed by atoms with Crippen molar-refractivity contribution in [3.05, 3.63) is 23.8 Å². The van der Waals surface area contributed by atoms with Gasteiger partial charge in [-0.25, -0.2) is 4.79 Å². The van der Waals surface area contributed by atoms with Crippen LogP contribution >= 0.6 is 0 Å². The van der Waals surface area contributed by atoms with E-state index >= 15 is 0 Å². The predicted molar refractivity (Wildman–Crippen MR) is 89.6 cm³/mol. The average Bonchev–Trinajstić information content (AvgIpc) is 3.04. The molecule has 24 heavy (non-hydrogen) atoms. The minimum atomic E-state index is -0.957. The van der Waals surface area contributed by atoms with Gasteiger partial charge in [-0.2, -0.15) is 0 Å². The number of carboxylic acids is 1. The van der Waals surface area contributed by atoms with Gasteiger partial charge in [0.25, 0.3) is 5.91 Å². The quantitative estimate of drug-likeness (QED) is 0.829. The molecule has 1 atom stereocenters. The maximum absolute atomic E-state index is 12.6. The standard InChI is InChI=1S/C18H25NO5/c1-12(2)8-10-24-15-7-6-13(11-16(15)23-3)17(20)19-9-4-5-14(19)18(21)22/h6-7,11-12,14H,4-5,8-10H2,1-3H3,(H,21,22)/t14-/m1/s1. The van der Waals surface area contributed by atoms with Gasteiger partial charge in [-0.1, -0.05) is 13.8 Å². The van der Waals surface area contributed by atoms with Crippen LogP contribution in [-0.2, 0) is 4.79 Å². The Morgan fingerprint density at radius 3 is 2.71 bits per heavy atom. The van der Waals surface area contributed by atoms with E-state index in [0.717, 1.165) is 6.42 Å². The summed E-state index contributed by atoms with van der Waals surface area (Å²) in [5.74, 6) is 0.370. The predicted octanol–water partition coefficient (Wildman–Crippen LogP) is 2.81. The zero-order valence-electron chi connectivity index (χ0n) is 14.4. The highest BCUT2D eigenvalue weighted by Crippen LogP contribution is 2.30. The molecule has 1 aromatic carbocycles. The molecule has 0 unspecified atom stereocenters. The third kappa shape index (κ3) is 4.19. The molecular weight excluding hydrogens is 310 g/mol. The molecule has 0 aliphatic carbocycles. The molecule has 0 spiro atoms. The lowest BCUT2D eigenvalue weighted by Gasteiger charge is -2.22. The second-order valence-electron chi connectivity index (χ2n) is 6.39. The summed E-state index contributed by atoms with van der Waals surface area (Å²) in [7, 11) is 1.52. The SMILES string of the molecule is COc1cc(C(=O)N2CCC[C@@H]2C(=O)O)ccc1OCCC(C)C. The van der Waals surface area contributed by atoms with Crippen LogP contribution in [0.2, 0.25) is 0 Å². The molecule has 1 heterocycles. The molecule has 1 saturated heterocycles. The number of hydrogen-bond donors (Lipinski definition) is 1. The third-order valence-corrected chi connectivity index (χ3v) is 4.16. The first kappa shape index (κ1) is 18.1. The van der Waals surface area contributed by atoms with Gasteiger partial charge in [0.15, 0.2) is 11.5 Å². The Morgan fingerprint density at radius 1 is 1.33 bits per heavy atom. The first-order valence-electron chi connectivity index (χ1n) is 8.28. The van der Waals surface area contributed by atoms with Crippen molar-refractivity contribution in [2.24, 2.45) is 5.92 Å². The Kier molecular flexibility index (Phi) is 6.06. The van der Waals surface area contributed by atoms with Gasteiger partial charge in [0.1, 0.15) is 6.04 Å². The monoisotopic (exact) mass is 335 g/mol. The number of likely N-dealkylation sites (tertiary alicyclic amines) is 1. The normalized spacial score (nSPS) is 17.2. The minimum absolute atomic E-state index is 0.285. The number of ether oxygens (including phenoxy) is 2. The number of aliphatic carboxylic acids is 1. The second-order valence-corrected chi connectivity index (χ2v) is 6.39. The molecule has 6 heteroatoms. The van der Waals surface area contributed by atoms with Crippen LogP contribution in [0.25, 0.3) is 0 Å². The molecule has 1 aromatic rings. The van der Waals surface area contributed by atoms with Crippen molar-refractivity contribution < 1.29 is 24.2 Å². The van der Waals surface area contributed by atoms with Crippen molar-refractivity contribution in [2.45, 2.75) is 39.2 Å². The molecule has 0 radical (unpaired) electrons. The number of carboxylic acid groups (broad SMARTS) is 1. The molecule has 1 aliphatic heterocycles. The molecule has 132 valence electrons. The van der Waals surface area contributed by atoms with Crippen LogP contribution in [0.3, 0.4) is 0 Å². The molecule has 1 aliphatic rings. The number of rotatable bonds is 7. The maximum atomic E-state index is 12.6. The fourth-order valence-corrected chi connectivity index (χ4v) is 2.76. The topological polar surface area (TPSA) is 76.1 Å². The van der Waals surface area contributed by atoms with Crippen molar-refractivity contribution in [1.82, 2.24) is 4.90 Å². The van der Waals surface area contributed by atoms with Gasteiger partial charge >= 0.3 is 5.97 Å². The van der Waals surface area contributed by atoms with E-state index in [2.05, 4.69) is 13.8 Å². The van der Waals surface area contributed by atoms with Gasteiger partial charge < -0.3 is 19.5 Å². The molecule has 1 amide bonds. The summed E-state index contributed by atoms with van der Waals surface area (Å²) >= 11 is 0. The summed E-state index contributed by atoms with van der Waals surface area (Å²) < 4.78 is 11.0. The Labute approximate surface area is 142 Å². The van der Waals surface area contributed by atoms with Crippen molar-refractivity contribution in [2.75, 3.05) is 20.3 Å². The number of methoxy groups -OCH3 is 1. The first-order valence-corrected chi connectivity index (χ1v) is 8.28. The average molecular weight is 335 g/mol. The molecule has 0 aromatic heterocycles. The fourth-order valence-electron chi connectivity index (χ4n) is 2.76. The Hall–Kier alpha value is -2.24. The molecule has 0 bridgehead atoms. The number of nitrogens with zero attached hydrogens (tertiary/aromatic N) is 1. The Balaban J connectivity index is 2.13. The van der Waals surface area contributed by atoms with Gasteiger partial charge in [-0.05, 0) is 43.4 Å². The second kappa shape index (κ2) is 8.04. The van der Waals surface area contributed by atoms with E-state index in [1.807, 2.05) is 0 Å². The summed E-state index contributed by atoms with van der Waals surface area (Å²) in [6, 6.07) is 4.24. The molecule has 0 saturated carbocycles. The van der Waals surface area contributed by atoms with Gasteiger partial charge in [-0.15, -0.1) is 0 Å². The van der Waals surface area contributed by atoms with E-state index in [9.17, 15) is 14.7 Å². The van der Waals surface area contributed by atoms with E-state index in [-0.39, 0.29) is 5.91 Å². The van der Waals surface area contributed by atoms with E-state index in [4.69, 9.17) is 9.47 Å². The molecule has 2 rings (SSSR count). The summed E-state index contributed by atoms with van der Waals surface area (Å²) in [5, 5.41) is 9.23. The summed E-state index contributed by atoms with van der Waals surface area (Å²) in [6.45, 7) is 5.29. The van der Waals surface area contributed by atoms with Crippen molar-refractivity contribution in [3.63, 3.8) is 0 Å². The highest BCUT2D eigenvalue weighted by atomic mass is 16.5. The highest BCUT2D eigenvalue weighted by Gasteiger charge is 2.34. The maximum Gasteiger partial charge on any atom is 0.326 e. The lowest BCUT2D eigenvalue weighted by atomic mass is 10.1. The third-order valence-electron chi connectivity index (χ3n) is 4.16. The van der Waals surface area contributed by atoms with E-state index < -0.39 is 12.0 Å². The largest absolute Gasteiger partial charge is 0.493 e. The summed E-state index contributed by atoms with van der Waals surface area (Å²) in [6.07, 6.45) is 2.13. The highest BCUT2D eigenvalue weighted by molar-refractivity contribution is 5.97. The summed E-state index contributed by atoms with van der Waals surface area (Å²) in [5.41, 5.74) is 0.413. The van der Waals surface area contributed by atoms with Gasteiger partial charge in [-0.3, -0.25) is 4.79 Å². The first-order chi connectivity index (χ1) is 11.4. The van der Waals surface area contributed by atoms with E-state index in [0.29, 0.717) is 49.0 Å². The number of hydrogen-bond acceptors (Lipinski definition) is 4. The van der Waals surface area contributed by atoms with Crippen LogP contribution in [0, 0.1) is 5.92 Å². The number of benzene rings is 1. The minimum Gasteiger partial charge on any atom is -0.493 e. The lowest BCUT2D eigenvalue weighted by molar-refractivity contribution is -0.141. The number of carbonyl (C=O) groups excluding carboxylic acids is 1. The Bertz CT molecular complexity index is 599. The van der Waals surface area contributed by atoms with Crippen LogP contribution in [0.4, 0.5) is 0 Å². The molecular formula is C18H25NO5. The fraction of sp³-hybridized carbons (Fsp3) is 0.556. The lowest BCUT2D eigenvalue weighted by Crippen LogP contribution is -2.40. The van der Waals surface area contributed by atoms with Gasteiger partial charge in [0.05, 0.1) is 13.7 Å². The van der Waals surface area contributed by atoms with Crippen LogP contribution in [0.15, 0.2) is 18.2 Å². The number of carbonyl (C=O) groups is 2. The van der Waals surface area contributed by atoms with Crippen LogP contribution < -0.4 is 9.47 Å². The van der Waals surface area contributed by atoms with Crippen LogP contribution in [-0.4, -0.2) is 48.2 Å². The summed E-state index contributed by atoms with van der Waals surface area (Å²) in [4.78, 5) is 25.3. The van der Waals surface area contributed by atoms with E-state index in [1.54, 1.807) is 18.2 Å². The van der Waals surface area contributed by atoms with Gasteiger partial charge in [0.2, 0.25) is 0 Å². The van der Waals surface area contributed by atoms with Crippen molar-refractivity contribution in [3.8, 4) is 11.5 Å². The molecule has 1 N–H and O–H groups in total. The zero-order chi connectivity index (χ0) is 17.7. The van der Waals surface area contributed by atoms with Crippen molar-refractivity contribution >= 4 is 11.9 Å². The molecule has 6 nitrogen and oxygen atoms in total. The van der Waals surface area contributed by atoms with Gasteiger partial charge in [0, 0.05) is 12.1 Å².